The highest BCUT2D eigenvalue weighted by molar-refractivity contribution is 9.10. The third-order valence-electron chi connectivity index (χ3n) is 3.23. The molecule has 1 N–H and O–H groups in total. The van der Waals surface area contributed by atoms with Crippen LogP contribution in [0.15, 0.2) is 27.2 Å². The van der Waals surface area contributed by atoms with Crippen LogP contribution in [0.25, 0.3) is 11.4 Å². The van der Waals surface area contributed by atoms with Crippen LogP contribution in [-0.2, 0) is 0 Å². The number of hydrogen-bond donors (Lipinski definition) is 1. The summed E-state index contributed by atoms with van der Waals surface area (Å²) in [4.78, 5) is 4.39. The van der Waals surface area contributed by atoms with Gasteiger partial charge in [-0.25, -0.2) is 4.39 Å². The molecule has 4 nitrogen and oxygen atoms in total. The monoisotopic (exact) mass is 325 g/mol. The first-order valence-electron chi connectivity index (χ1n) is 6.26. The molecule has 0 radical (unpaired) electrons. The Morgan fingerprint density at radius 2 is 2.26 bits per heavy atom. The number of rotatable bonds is 2. The number of nitrogens with zero attached hydrogens (tertiary/aromatic N) is 2. The maximum absolute atomic E-state index is 13.2. The summed E-state index contributed by atoms with van der Waals surface area (Å²) >= 11 is 3.15. The van der Waals surface area contributed by atoms with E-state index in [1.165, 1.54) is 12.5 Å². The minimum absolute atomic E-state index is 0.138. The summed E-state index contributed by atoms with van der Waals surface area (Å²) in [5, 5.41) is 7.32. The van der Waals surface area contributed by atoms with E-state index in [0.717, 1.165) is 24.9 Å². The van der Waals surface area contributed by atoms with Crippen LogP contribution in [0.2, 0.25) is 0 Å². The number of hydrogen-bond acceptors (Lipinski definition) is 4. The zero-order valence-electron chi connectivity index (χ0n) is 10.2. The van der Waals surface area contributed by atoms with Crippen LogP contribution in [-0.4, -0.2) is 16.7 Å². The van der Waals surface area contributed by atoms with Gasteiger partial charge in [0, 0.05) is 5.56 Å². The Labute approximate surface area is 118 Å². The highest BCUT2D eigenvalue weighted by Crippen LogP contribution is 2.26. The van der Waals surface area contributed by atoms with Crippen molar-refractivity contribution in [1.29, 1.82) is 0 Å². The van der Waals surface area contributed by atoms with Gasteiger partial charge in [0.2, 0.25) is 11.7 Å². The molecule has 0 spiro atoms. The van der Waals surface area contributed by atoms with Crippen molar-refractivity contribution in [3.05, 3.63) is 34.4 Å². The molecule has 1 saturated heterocycles. The van der Waals surface area contributed by atoms with E-state index in [-0.39, 0.29) is 11.9 Å². The number of aromatic nitrogens is 2. The van der Waals surface area contributed by atoms with Crippen molar-refractivity contribution in [3.63, 3.8) is 0 Å². The normalized spacial score (nSPS) is 19.6. The number of halogens is 2. The summed E-state index contributed by atoms with van der Waals surface area (Å²) in [6.07, 6.45) is 3.36. The largest absolute Gasteiger partial charge is 0.337 e. The maximum Gasteiger partial charge on any atom is 0.244 e. The maximum atomic E-state index is 13.2. The predicted molar refractivity (Wildman–Crippen MR) is 72.0 cm³/mol. The van der Waals surface area contributed by atoms with Gasteiger partial charge in [0.25, 0.3) is 0 Å². The van der Waals surface area contributed by atoms with Crippen LogP contribution < -0.4 is 5.32 Å². The minimum Gasteiger partial charge on any atom is -0.337 e. The molecule has 1 atom stereocenters. The van der Waals surface area contributed by atoms with Gasteiger partial charge in [-0.1, -0.05) is 11.6 Å². The second kappa shape index (κ2) is 5.38. The highest BCUT2D eigenvalue weighted by Gasteiger charge is 2.21. The highest BCUT2D eigenvalue weighted by atomic mass is 79.9. The van der Waals surface area contributed by atoms with Gasteiger partial charge < -0.3 is 9.84 Å². The Kier molecular flexibility index (Phi) is 3.61. The lowest BCUT2D eigenvalue weighted by Gasteiger charge is -2.19. The molecule has 0 amide bonds. The third kappa shape index (κ3) is 2.69. The van der Waals surface area contributed by atoms with Crippen LogP contribution in [0.5, 0.6) is 0 Å². The van der Waals surface area contributed by atoms with Crippen LogP contribution in [0, 0.1) is 5.82 Å². The van der Waals surface area contributed by atoms with Crippen LogP contribution in [0.1, 0.15) is 31.2 Å². The van der Waals surface area contributed by atoms with Crippen molar-refractivity contribution in [2.24, 2.45) is 0 Å². The van der Waals surface area contributed by atoms with Crippen molar-refractivity contribution in [3.8, 4) is 11.4 Å². The lowest BCUT2D eigenvalue weighted by Crippen LogP contribution is -2.26. The smallest absolute Gasteiger partial charge is 0.244 e. The van der Waals surface area contributed by atoms with Crippen LogP contribution in [0.4, 0.5) is 4.39 Å². The van der Waals surface area contributed by atoms with E-state index < -0.39 is 0 Å². The lowest BCUT2D eigenvalue weighted by atomic mass is 10.1. The molecule has 2 aromatic rings. The zero-order valence-corrected chi connectivity index (χ0v) is 11.8. The second-order valence-electron chi connectivity index (χ2n) is 4.59. The Morgan fingerprint density at radius 1 is 1.37 bits per heavy atom. The summed E-state index contributed by atoms with van der Waals surface area (Å²) in [5.41, 5.74) is 0.735. The van der Waals surface area contributed by atoms with Gasteiger partial charge >= 0.3 is 0 Å². The van der Waals surface area contributed by atoms with E-state index in [2.05, 4.69) is 31.4 Å². The van der Waals surface area contributed by atoms with Gasteiger partial charge in [0.05, 0.1) is 10.5 Å². The average Bonchev–Trinajstić information content (AvgIpc) is 2.93. The molecular formula is C13H13BrFN3O. The van der Waals surface area contributed by atoms with Crippen molar-refractivity contribution in [2.45, 2.75) is 25.3 Å². The number of benzene rings is 1. The van der Waals surface area contributed by atoms with E-state index >= 15 is 0 Å². The van der Waals surface area contributed by atoms with Gasteiger partial charge in [-0.2, -0.15) is 4.98 Å². The first-order valence-corrected chi connectivity index (χ1v) is 7.06. The van der Waals surface area contributed by atoms with Gasteiger partial charge in [-0.3, -0.25) is 0 Å². The van der Waals surface area contributed by atoms with Crippen molar-refractivity contribution in [2.75, 3.05) is 6.54 Å². The standard InChI is InChI=1S/C13H13BrFN3O/c14-9-7-8(4-5-10(9)15)12-17-13(19-18-12)11-3-1-2-6-16-11/h4-5,7,11,16H,1-3,6H2/t11-/m1/s1. The van der Waals surface area contributed by atoms with Gasteiger partial charge in [0.15, 0.2) is 0 Å². The molecule has 1 aromatic heterocycles. The Morgan fingerprint density at radius 3 is 3.00 bits per heavy atom. The molecule has 1 aromatic carbocycles. The molecule has 100 valence electrons. The van der Waals surface area contributed by atoms with E-state index in [9.17, 15) is 4.39 Å². The Bertz CT molecular complexity index is 581. The van der Waals surface area contributed by atoms with Gasteiger partial charge in [-0.05, 0) is 53.5 Å². The summed E-state index contributed by atoms with van der Waals surface area (Å²) < 4.78 is 18.9. The fraction of sp³-hybridized carbons (Fsp3) is 0.385. The topological polar surface area (TPSA) is 51.0 Å². The fourth-order valence-corrected chi connectivity index (χ4v) is 2.57. The molecule has 3 rings (SSSR count). The molecule has 0 aliphatic carbocycles. The molecule has 1 aliphatic rings. The average molecular weight is 326 g/mol. The molecule has 1 fully saturated rings. The number of nitrogens with one attached hydrogen (secondary N) is 1. The lowest BCUT2D eigenvalue weighted by molar-refractivity contribution is 0.297. The first-order chi connectivity index (χ1) is 9.24. The molecule has 6 heteroatoms. The van der Waals surface area contributed by atoms with Crippen molar-refractivity contribution < 1.29 is 8.91 Å². The minimum atomic E-state index is -0.304. The Hall–Kier alpha value is -1.27. The van der Waals surface area contributed by atoms with Crippen molar-refractivity contribution in [1.82, 2.24) is 15.5 Å². The first kappa shape index (κ1) is 12.7. The van der Waals surface area contributed by atoms with Crippen molar-refractivity contribution >= 4 is 15.9 Å². The predicted octanol–water partition coefficient (Wildman–Crippen LogP) is 3.45. The van der Waals surface area contributed by atoms with E-state index in [1.807, 2.05) is 0 Å². The summed E-state index contributed by atoms with van der Waals surface area (Å²) in [6, 6.07) is 4.81. The third-order valence-corrected chi connectivity index (χ3v) is 3.84. The number of piperidine rings is 1. The summed E-state index contributed by atoms with van der Waals surface area (Å²) in [6.45, 7) is 0.977. The molecule has 19 heavy (non-hydrogen) atoms. The van der Waals surface area contributed by atoms with Gasteiger partial charge in [-0.15, -0.1) is 0 Å². The van der Waals surface area contributed by atoms with Gasteiger partial charge in [0.1, 0.15) is 5.82 Å². The molecular weight excluding hydrogens is 313 g/mol. The van der Waals surface area contributed by atoms with E-state index in [1.54, 1.807) is 12.1 Å². The fourth-order valence-electron chi connectivity index (χ4n) is 2.19. The molecule has 0 saturated carbocycles. The quantitative estimate of drug-likeness (QED) is 0.918. The molecule has 0 unspecified atom stereocenters. The Balaban J connectivity index is 1.85. The van der Waals surface area contributed by atoms with E-state index in [4.69, 9.17) is 4.52 Å². The summed E-state index contributed by atoms with van der Waals surface area (Å²) in [5.74, 6) is 0.791. The molecule has 0 bridgehead atoms. The molecule has 2 heterocycles. The van der Waals surface area contributed by atoms with E-state index in [0.29, 0.717) is 16.2 Å². The summed E-state index contributed by atoms with van der Waals surface area (Å²) in [7, 11) is 0. The second-order valence-corrected chi connectivity index (χ2v) is 5.44. The van der Waals surface area contributed by atoms with Crippen LogP contribution in [0.3, 0.4) is 0 Å². The molecule has 1 aliphatic heterocycles. The zero-order chi connectivity index (χ0) is 13.2. The SMILES string of the molecule is Fc1ccc(-c2noc([C@H]3CCCCN3)n2)cc1Br. The van der Waals surface area contributed by atoms with Crippen LogP contribution >= 0.6 is 15.9 Å².